The molecule has 0 aliphatic rings. The Balaban J connectivity index is 2.25. The molecule has 1 aromatic rings. The van der Waals surface area contributed by atoms with E-state index in [1.807, 2.05) is 19.1 Å². The normalized spacial score (nSPS) is 9.53. The van der Waals surface area contributed by atoms with Gasteiger partial charge in [0.05, 0.1) is 6.54 Å². The van der Waals surface area contributed by atoms with Crippen molar-refractivity contribution in [3.05, 3.63) is 29.8 Å². The first-order valence-electron chi connectivity index (χ1n) is 4.92. The molecule has 5 nitrogen and oxygen atoms in total. The number of nitrogens with one attached hydrogen (secondary N) is 1. The monoisotopic (exact) mass is 257 g/mol. The lowest BCUT2D eigenvalue weighted by Crippen LogP contribution is -2.30. The van der Waals surface area contributed by atoms with E-state index in [0.717, 1.165) is 5.56 Å². The highest BCUT2D eigenvalue weighted by molar-refractivity contribution is 6.61. The zero-order chi connectivity index (χ0) is 12.7. The van der Waals surface area contributed by atoms with E-state index in [0.29, 0.717) is 5.75 Å². The molecule has 0 aromatic heterocycles. The summed E-state index contributed by atoms with van der Waals surface area (Å²) in [7, 11) is 0. The first-order chi connectivity index (χ1) is 8.08. The van der Waals surface area contributed by atoms with E-state index >= 15 is 0 Å². The Hall–Kier alpha value is -1.75. The van der Waals surface area contributed by atoms with Gasteiger partial charge in [-0.25, -0.2) is 9.59 Å². The van der Waals surface area contributed by atoms with E-state index in [2.05, 4.69) is 10.1 Å². The number of aryl methyl sites for hydroxylation is 1. The third-order valence-corrected chi connectivity index (χ3v) is 1.93. The van der Waals surface area contributed by atoms with E-state index in [4.69, 9.17) is 16.3 Å². The van der Waals surface area contributed by atoms with Gasteiger partial charge in [0.1, 0.15) is 12.4 Å². The third-order valence-electron chi connectivity index (χ3n) is 1.82. The highest BCUT2D eigenvalue weighted by Crippen LogP contribution is 2.11. The minimum atomic E-state index is -0.904. The van der Waals surface area contributed by atoms with Crippen LogP contribution >= 0.6 is 11.6 Å². The summed E-state index contributed by atoms with van der Waals surface area (Å²) in [6.45, 7) is 2.08. The molecule has 0 saturated heterocycles. The standard InChI is InChI=1S/C11H12ClNO4/c1-8-2-4-9(5-3-8)17-11(15)13-6-7-16-10(12)14/h2-5H,6-7H2,1H3,(H,13,15). The van der Waals surface area contributed by atoms with Gasteiger partial charge < -0.3 is 14.8 Å². The molecule has 0 fully saturated rings. The highest BCUT2D eigenvalue weighted by atomic mass is 35.5. The molecule has 0 radical (unpaired) electrons. The summed E-state index contributed by atoms with van der Waals surface area (Å²) >= 11 is 4.93. The molecule has 0 bridgehead atoms. The molecular weight excluding hydrogens is 246 g/mol. The van der Waals surface area contributed by atoms with Crippen LogP contribution in [-0.2, 0) is 4.74 Å². The molecule has 0 heterocycles. The molecule has 6 heteroatoms. The van der Waals surface area contributed by atoms with Crippen LogP contribution in [0.25, 0.3) is 0 Å². The average Bonchev–Trinajstić information content (AvgIpc) is 2.27. The van der Waals surface area contributed by atoms with E-state index < -0.39 is 11.5 Å². The maximum atomic E-state index is 11.2. The van der Waals surface area contributed by atoms with Crippen LogP contribution in [0.15, 0.2) is 24.3 Å². The largest absolute Gasteiger partial charge is 0.452 e. The van der Waals surface area contributed by atoms with Gasteiger partial charge in [-0.15, -0.1) is 0 Å². The van der Waals surface area contributed by atoms with Crippen molar-refractivity contribution < 1.29 is 19.1 Å². The summed E-state index contributed by atoms with van der Waals surface area (Å²) in [5.41, 5.74) is 0.172. The molecule has 0 saturated carbocycles. The van der Waals surface area contributed by atoms with E-state index in [9.17, 15) is 9.59 Å². The van der Waals surface area contributed by atoms with Gasteiger partial charge in [-0.05, 0) is 19.1 Å². The van der Waals surface area contributed by atoms with Crippen LogP contribution < -0.4 is 10.1 Å². The van der Waals surface area contributed by atoms with E-state index in [1.165, 1.54) is 0 Å². The molecule has 1 rings (SSSR count). The zero-order valence-electron chi connectivity index (χ0n) is 9.23. The predicted octanol–water partition coefficient (Wildman–Crippen LogP) is 2.46. The molecule has 0 aliphatic carbocycles. The molecule has 1 amide bonds. The molecular formula is C11H12ClNO4. The SMILES string of the molecule is Cc1ccc(OC(=O)NCCOC(=O)Cl)cc1. The Morgan fingerprint density at radius 2 is 1.94 bits per heavy atom. The van der Waals surface area contributed by atoms with Crippen molar-refractivity contribution in [2.45, 2.75) is 6.92 Å². The molecule has 1 aromatic carbocycles. The highest BCUT2D eigenvalue weighted by Gasteiger charge is 2.03. The van der Waals surface area contributed by atoms with Crippen LogP contribution in [0.5, 0.6) is 5.75 Å². The molecule has 0 atom stereocenters. The Labute approximate surface area is 104 Å². The van der Waals surface area contributed by atoms with Crippen LogP contribution in [0.2, 0.25) is 0 Å². The molecule has 0 spiro atoms. The summed E-state index contributed by atoms with van der Waals surface area (Å²) in [6, 6.07) is 7.04. The van der Waals surface area contributed by atoms with Gasteiger partial charge in [0.2, 0.25) is 0 Å². The van der Waals surface area contributed by atoms with Crippen LogP contribution in [0.3, 0.4) is 0 Å². The molecule has 1 N–H and O–H groups in total. The predicted molar refractivity (Wildman–Crippen MR) is 62.4 cm³/mol. The Bertz CT molecular complexity index is 391. The summed E-state index contributed by atoms with van der Waals surface area (Å²) in [5.74, 6) is 0.447. The maximum absolute atomic E-state index is 11.2. The Kier molecular flexibility index (Phi) is 5.29. The van der Waals surface area contributed by atoms with Crippen molar-refractivity contribution in [2.24, 2.45) is 0 Å². The number of carbonyl (C=O) groups is 2. The summed E-state index contributed by atoms with van der Waals surface area (Å²) < 4.78 is 9.37. The van der Waals surface area contributed by atoms with Gasteiger partial charge in [0, 0.05) is 11.6 Å². The third kappa shape index (κ3) is 5.77. The summed E-state index contributed by atoms with van der Waals surface area (Å²) in [6.07, 6.45) is -0.612. The minimum absolute atomic E-state index is 0.00529. The van der Waals surface area contributed by atoms with Crippen molar-refractivity contribution in [1.29, 1.82) is 0 Å². The number of hydrogen-bond donors (Lipinski definition) is 1. The minimum Gasteiger partial charge on any atom is -0.452 e. The second-order valence-electron chi connectivity index (χ2n) is 3.22. The van der Waals surface area contributed by atoms with Crippen LogP contribution in [0.4, 0.5) is 9.59 Å². The van der Waals surface area contributed by atoms with Gasteiger partial charge in [-0.1, -0.05) is 17.7 Å². The van der Waals surface area contributed by atoms with Crippen molar-refractivity contribution in [3.8, 4) is 5.75 Å². The zero-order valence-corrected chi connectivity index (χ0v) is 9.99. The van der Waals surface area contributed by atoms with Gasteiger partial charge in [-0.3, -0.25) is 0 Å². The summed E-state index contributed by atoms with van der Waals surface area (Å²) in [5, 5.41) is 2.40. The Morgan fingerprint density at radius 1 is 1.29 bits per heavy atom. The average molecular weight is 258 g/mol. The molecule has 92 valence electrons. The fourth-order valence-corrected chi connectivity index (χ4v) is 1.11. The fourth-order valence-electron chi connectivity index (χ4n) is 1.03. The van der Waals surface area contributed by atoms with Crippen molar-refractivity contribution in [1.82, 2.24) is 5.32 Å². The fraction of sp³-hybridized carbons (Fsp3) is 0.273. The van der Waals surface area contributed by atoms with Crippen molar-refractivity contribution >= 4 is 23.1 Å². The quantitative estimate of drug-likeness (QED) is 0.665. The maximum Gasteiger partial charge on any atom is 0.412 e. The topological polar surface area (TPSA) is 64.6 Å². The first kappa shape index (κ1) is 13.3. The van der Waals surface area contributed by atoms with Crippen LogP contribution in [-0.4, -0.2) is 24.7 Å². The number of halogens is 1. The molecule has 0 unspecified atom stereocenters. The van der Waals surface area contributed by atoms with Crippen molar-refractivity contribution in [2.75, 3.05) is 13.2 Å². The van der Waals surface area contributed by atoms with Gasteiger partial charge in [0.25, 0.3) is 0 Å². The second kappa shape index (κ2) is 6.75. The lowest BCUT2D eigenvalue weighted by Gasteiger charge is -2.06. The number of ether oxygens (including phenoxy) is 2. The molecule has 17 heavy (non-hydrogen) atoms. The van der Waals surface area contributed by atoms with Crippen molar-refractivity contribution in [3.63, 3.8) is 0 Å². The Morgan fingerprint density at radius 3 is 2.53 bits per heavy atom. The lowest BCUT2D eigenvalue weighted by atomic mass is 10.2. The van der Waals surface area contributed by atoms with Gasteiger partial charge >= 0.3 is 11.5 Å². The molecule has 0 aliphatic heterocycles. The summed E-state index contributed by atoms with van der Waals surface area (Å²) in [4.78, 5) is 21.4. The first-order valence-corrected chi connectivity index (χ1v) is 5.30. The number of hydrogen-bond acceptors (Lipinski definition) is 4. The van der Waals surface area contributed by atoms with Gasteiger partial charge in [-0.2, -0.15) is 0 Å². The smallest absolute Gasteiger partial charge is 0.412 e. The van der Waals surface area contributed by atoms with E-state index in [1.54, 1.807) is 12.1 Å². The second-order valence-corrected chi connectivity index (χ2v) is 3.52. The number of amides is 1. The number of benzene rings is 1. The van der Waals surface area contributed by atoms with Crippen LogP contribution in [0, 0.1) is 6.92 Å². The van der Waals surface area contributed by atoms with Crippen LogP contribution in [0.1, 0.15) is 5.56 Å². The lowest BCUT2D eigenvalue weighted by molar-refractivity contribution is 0.168. The van der Waals surface area contributed by atoms with E-state index in [-0.39, 0.29) is 13.2 Å². The van der Waals surface area contributed by atoms with Gasteiger partial charge in [0.15, 0.2) is 0 Å². The number of carbonyl (C=O) groups excluding carboxylic acids is 2. The number of rotatable bonds is 4.